The van der Waals surface area contributed by atoms with Crippen LogP contribution in [0.2, 0.25) is 6.04 Å². The summed E-state index contributed by atoms with van der Waals surface area (Å²) in [5.74, 6) is 0.208. The Hall–Kier alpha value is -0.613. The summed E-state index contributed by atoms with van der Waals surface area (Å²) in [5.41, 5.74) is 0. The monoisotopic (exact) mass is 213 g/mol. The normalized spacial score (nSPS) is 23.1. The topological polar surface area (TPSA) is 29.5 Å². The molecule has 2 fully saturated rings. The molecule has 0 aliphatic carbocycles. The highest BCUT2D eigenvalue weighted by Crippen LogP contribution is 2.08. The molecule has 2 rings (SSSR count). The molecule has 80 valence electrons. The van der Waals surface area contributed by atoms with Crippen LogP contribution in [0.3, 0.4) is 0 Å². The van der Waals surface area contributed by atoms with Gasteiger partial charge < -0.3 is 9.33 Å². The second kappa shape index (κ2) is 6.78. The number of rotatable bonds is 1. The van der Waals surface area contributed by atoms with E-state index in [0.717, 1.165) is 19.6 Å². The Kier molecular flexibility index (Phi) is 5.55. The lowest BCUT2D eigenvalue weighted by Gasteiger charge is -2.07. The van der Waals surface area contributed by atoms with Crippen molar-refractivity contribution in [1.29, 1.82) is 0 Å². The predicted molar refractivity (Wildman–Crippen MR) is 59.7 cm³/mol. The third-order valence-electron chi connectivity index (χ3n) is 2.41. The Bertz CT molecular complexity index is 181. The van der Waals surface area contributed by atoms with Crippen molar-refractivity contribution in [1.82, 2.24) is 4.90 Å². The van der Waals surface area contributed by atoms with Gasteiger partial charge in [-0.15, -0.1) is 0 Å². The highest BCUT2D eigenvalue weighted by molar-refractivity contribution is 6.27. The Morgan fingerprint density at radius 1 is 1.43 bits per heavy atom. The van der Waals surface area contributed by atoms with Gasteiger partial charge in [0.15, 0.2) is 9.76 Å². The van der Waals surface area contributed by atoms with E-state index in [9.17, 15) is 4.79 Å². The van der Waals surface area contributed by atoms with Crippen LogP contribution >= 0.6 is 0 Å². The van der Waals surface area contributed by atoms with Gasteiger partial charge in [0, 0.05) is 19.6 Å². The van der Waals surface area contributed by atoms with E-state index in [0.29, 0.717) is 6.42 Å². The molecule has 3 nitrogen and oxygen atoms in total. The standard InChI is InChI=1S/C6H9NO.C4H10OSi/c1-2-7-5-3-4-6(7)8;1-2-4-6-5-3-1/h2H,1,3-5H2;1-4,6H2. The third kappa shape index (κ3) is 4.06. The van der Waals surface area contributed by atoms with E-state index in [1.165, 1.54) is 18.9 Å². The van der Waals surface area contributed by atoms with Gasteiger partial charge in [-0.1, -0.05) is 13.0 Å². The minimum absolute atomic E-state index is 0.00849. The van der Waals surface area contributed by atoms with Crippen LogP contribution in [0.4, 0.5) is 0 Å². The van der Waals surface area contributed by atoms with Crippen LogP contribution in [-0.2, 0) is 9.22 Å². The number of hydrogen-bond donors (Lipinski definition) is 0. The minimum atomic E-state index is 0.00849. The summed E-state index contributed by atoms with van der Waals surface area (Å²) < 4.78 is 5.21. The molecular weight excluding hydrogens is 194 g/mol. The Morgan fingerprint density at radius 2 is 2.29 bits per heavy atom. The van der Waals surface area contributed by atoms with Gasteiger partial charge in [0.1, 0.15) is 0 Å². The number of nitrogens with zero attached hydrogens (tertiary/aromatic N) is 1. The molecule has 0 bridgehead atoms. The number of carbonyl (C=O) groups excluding carboxylic acids is 1. The fourth-order valence-electron chi connectivity index (χ4n) is 1.55. The third-order valence-corrected chi connectivity index (χ3v) is 3.77. The molecule has 0 aromatic rings. The molecule has 0 aromatic carbocycles. The summed E-state index contributed by atoms with van der Waals surface area (Å²) >= 11 is 0. The van der Waals surface area contributed by atoms with E-state index < -0.39 is 0 Å². The molecule has 4 heteroatoms. The van der Waals surface area contributed by atoms with Gasteiger partial charge in [-0.25, -0.2) is 0 Å². The maximum atomic E-state index is 10.7. The molecule has 0 saturated carbocycles. The van der Waals surface area contributed by atoms with Gasteiger partial charge >= 0.3 is 0 Å². The molecule has 0 atom stereocenters. The van der Waals surface area contributed by atoms with Crippen LogP contribution in [-0.4, -0.2) is 33.7 Å². The van der Waals surface area contributed by atoms with Crippen molar-refractivity contribution in [3.63, 3.8) is 0 Å². The predicted octanol–water partition coefficient (Wildman–Crippen LogP) is 1.05. The summed E-state index contributed by atoms with van der Waals surface area (Å²) in [6.07, 6.45) is 6.03. The zero-order valence-electron chi connectivity index (χ0n) is 8.71. The first-order valence-corrected chi connectivity index (χ1v) is 6.92. The lowest BCUT2D eigenvalue weighted by molar-refractivity contribution is -0.125. The van der Waals surface area contributed by atoms with E-state index in [4.69, 9.17) is 4.43 Å². The lowest BCUT2D eigenvalue weighted by Crippen LogP contribution is -2.16. The maximum absolute atomic E-state index is 10.7. The molecule has 14 heavy (non-hydrogen) atoms. The summed E-state index contributed by atoms with van der Waals surface area (Å²) in [5, 5.41) is 0. The van der Waals surface area contributed by atoms with Crippen LogP contribution in [0.1, 0.15) is 25.7 Å². The summed E-state index contributed by atoms with van der Waals surface area (Å²) in [7, 11) is 0.00849. The van der Waals surface area contributed by atoms with Crippen LogP contribution in [0, 0.1) is 0 Å². The maximum Gasteiger partial charge on any atom is 0.226 e. The van der Waals surface area contributed by atoms with Crippen LogP contribution < -0.4 is 0 Å². The lowest BCUT2D eigenvalue weighted by atomic mass is 10.4. The first-order chi connectivity index (χ1) is 6.84. The van der Waals surface area contributed by atoms with E-state index >= 15 is 0 Å². The van der Waals surface area contributed by atoms with E-state index in [2.05, 4.69) is 6.58 Å². The molecule has 1 amide bonds. The van der Waals surface area contributed by atoms with Crippen molar-refractivity contribution < 1.29 is 9.22 Å². The van der Waals surface area contributed by atoms with Gasteiger partial charge in [-0.2, -0.15) is 0 Å². The van der Waals surface area contributed by atoms with E-state index in [1.54, 1.807) is 11.1 Å². The molecule has 0 aromatic heterocycles. The molecule has 0 N–H and O–H groups in total. The number of amides is 1. The Balaban J connectivity index is 0.000000146. The van der Waals surface area contributed by atoms with Gasteiger partial charge in [0.2, 0.25) is 5.91 Å². The molecule has 0 unspecified atom stereocenters. The first-order valence-electron chi connectivity index (χ1n) is 5.34. The Morgan fingerprint density at radius 3 is 2.50 bits per heavy atom. The minimum Gasteiger partial charge on any atom is -0.424 e. The average Bonchev–Trinajstić information content (AvgIpc) is 2.67. The van der Waals surface area contributed by atoms with Crippen molar-refractivity contribution in [2.45, 2.75) is 31.7 Å². The van der Waals surface area contributed by atoms with Crippen LogP contribution in [0.25, 0.3) is 0 Å². The van der Waals surface area contributed by atoms with Gasteiger partial charge in [-0.3, -0.25) is 4.79 Å². The van der Waals surface area contributed by atoms with Gasteiger partial charge in [0.25, 0.3) is 0 Å². The van der Waals surface area contributed by atoms with E-state index in [-0.39, 0.29) is 15.7 Å². The van der Waals surface area contributed by atoms with Gasteiger partial charge in [-0.05, 0) is 25.1 Å². The van der Waals surface area contributed by atoms with Gasteiger partial charge in [0.05, 0.1) is 0 Å². The first kappa shape index (κ1) is 11.5. The average molecular weight is 213 g/mol. The molecule has 0 radical (unpaired) electrons. The number of hydrogen-bond acceptors (Lipinski definition) is 2. The zero-order valence-corrected chi connectivity index (χ0v) is 10.1. The van der Waals surface area contributed by atoms with Crippen molar-refractivity contribution in [2.24, 2.45) is 0 Å². The van der Waals surface area contributed by atoms with Crippen molar-refractivity contribution in [3.05, 3.63) is 12.8 Å². The number of likely N-dealkylation sites (tertiary alicyclic amines) is 1. The van der Waals surface area contributed by atoms with Crippen molar-refractivity contribution in [2.75, 3.05) is 13.2 Å². The summed E-state index contributed by atoms with van der Waals surface area (Å²) in [6.45, 7) is 5.42. The largest absolute Gasteiger partial charge is 0.424 e. The smallest absolute Gasteiger partial charge is 0.226 e. The number of carbonyl (C=O) groups is 1. The van der Waals surface area contributed by atoms with Crippen molar-refractivity contribution >= 4 is 15.7 Å². The fourth-order valence-corrected chi connectivity index (χ4v) is 2.72. The van der Waals surface area contributed by atoms with Crippen LogP contribution in [0.15, 0.2) is 12.8 Å². The second-order valence-electron chi connectivity index (χ2n) is 3.55. The van der Waals surface area contributed by atoms with Crippen LogP contribution in [0.5, 0.6) is 0 Å². The molecule has 0 spiro atoms. The molecule has 2 aliphatic rings. The quantitative estimate of drug-likeness (QED) is 0.609. The fraction of sp³-hybridized carbons (Fsp3) is 0.700. The zero-order chi connectivity index (χ0) is 10.2. The highest BCUT2D eigenvalue weighted by Gasteiger charge is 2.15. The molecular formula is C10H19NO2Si. The second-order valence-corrected chi connectivity index (χ2v) is 5.07. The molecule has 2 heterocycles. The molecule has 2 saturated heterocycles. The summed E-state index contributed by atoms with van der Waals surface area (Å²) in [6, 6.07) is 1.42. The Labute approximate surface area is 88.1 Å². The SMILES string of the molecule is C1CC[SiH2]OC1.C=CN1CCCC1=O. The highest BCUT2D eigenvalue weighted by atomic mass is 28.2. The summed E-state index contributed by atoms with van der Waals surface area (Å²) in [4.78, 5) is 12.3. The van der Waals surface area contributed by atoms with E-state index in [1.807, 2.05) is 0 Å². The van der Waals surface area contributed by atoms with Crippen molar-refractivity contribution in [3.8, 4) is 0 Å². The molecule has 2 aliphatic heterocycles.